The topological polar surface area (TPSA) is 70.7 Å². The molecule has 3 rings (SSSR count). The van der Waals surface area contributed by atoms with Crippen LogP contribution < -0.4 is 14.9 Å². The Morgan fingerprint density at radius 3 is 2.12 bits per heavy atom. The van der Waals surface area contributed by atoms with Crippen molar-refractivity contribution in [3.63, 3.8) is 0 Å². The standard InChI is InChI=1S/C22H28F3N3O3S/c1-15-12-16(2)21(17(3)13-15)32(29,30)27-20(22(23,24)25)14-26-18-4-6-19(7-5-18)28-8-10-31-11-9-28/h4-7,12-13,20,26-27H,8-11,14H2,1-3H3. The van der Waals surface area contributed by atoms with E-state index in [0.29, 0.717) is 30.0 Å². The smallest absolute Gasteiger partial charge is 0.383 e. The van der Waals surface area contributed by atoms with Crippen LogP contribution >= 0.6 is 0 Å². The van der Waals surface area contributed by atoms with Gasteiger partial charge in [-0.15, -0.1) is 0 Å². The molecule has 1 unspecified atom stereocenters. The van der Waals surface area contributed by atoms with Gasteiger partial charge in [0.25, 0.3) is 0 Å². The molecule has 0 amide bonds. The fourth-order valence-corrected chi connectivity index (χ4v) is 5.57. The first-order valence-corrected chi connectivity index (χ1v) is 11.8. The van der Waals surface area contributed by atoms with Crippen molar-refractivity contribution >= 4 is 21.4 Å². The summed E-state index contributed by atoms with van der Waals surface area (Å²) in [4.78, 5) is 2.01. The number of aryl methyl sites for hydroxylation is 3. The van der Waals surface area contributed by atoms with Crippen LogP contribution in [0.3, 0.4) is 0 Å². The second kappa shape index (κ2) is 9.68. The van der Waals surface area contributed by atoms with Gasteiger partial charge < -0.3 is 15.0 Å². The number of morpholine rings is 1. The molecule has 0 bridgehead atoms. The van der Waals surface area contributed by atoms with Gasteiger partial charge in [0.05, 0.1) is 18.1 Å². The Bertz CT molecular complexity index is 1010. The minimum atomic E-state index is -4.76. The van der Waals surface area contributed by atoms with Crippen molar-refractivity contribution in [2.45, 2.75) is 37.9 Å². The van der Waals surface area contributed by atoms with Crippen molar-refractivity contribution in [1.82, 2.24) is 4.72 Å². The minimum absolute atomic E-state index is 0.118. The number of hydrogen-bond acceptors (Lipinski definition) is 5. The highest BCUT2D eigenvalue weighted by molar-refractivity contribution is 7.89. The van der Waals surface area contributed by atoms with Gasteiger partial charge in [0.15, 0.2) is 0 Å². The molecule has 0 saturated carbocycles. The molecule has 0 aliphatic carbocycles. The molecule has 10 heteroatoms. The number of sulfonamides is 1. The Balaban J connectivity index is 1.72. The molecule has 1 fully saturated rings. The lowest BCUT2D eigenvalue weighted by Crippen LogP contribution is -2.49. The number of benzene rings is 2. The molecule has 1 aliphatic rings. The summed E-state index contributed by atoms with van der Waals surface area (Å²) in [7, 11) is -4.37. The van der Waals surface area contributed by atoms with Gasteiger partial charge in [0.2, 0.25) is 10.0 Å². The first kappa shape index (κ1) is 24.3. The van der Waals surface area contributed by atoms with Crippen LogP contribution in [0.2, 0.25) is 0 Å². The first-order chi connectivity index (χ1) is 15.0. The second-order valence-electron chi connectivity index (χ2n) is 7.97. The lowest BCUT2D eigenvalue weighted by molar-refractivity contribution is -0.148. The van der Waals surface area contributed by atoms with E-state index < -0.39 is 28.8 Å². The number of halogens is 3. The zero-order valence-electron chi connectivity index (χ0n) is 18.3. The van der Waals surface area contributed by atoms with E-state index in [1.807, 2.05) is 16.9 Å². The summed E-state index contributed by atoms with van der Waals surface area (Å²) in [6, 6.07) is 7.99. The Labute approximate surface area is 186 Å². The summed E-state index contributed by atoms with van der Waals surface area (Å²) in [5, 5.41) is 2.70. The quantitative estimate of drug-likeness (QED) is 0.644. The fraction of sp³-hybridized carbons (Fsp3) is 0.455. The molecule has 0 radical (unpaired) electrons. The SMILES string of the molecule is Cc1cc(C)c(S(=O)(=O)NC(CNc2ccc(N3CCOCC3)cc2)C(F)(F)F)c(C)c1. The average Bonchev–Trinajstić information content (AvgIpc) is 2.70. The molecular formula is C22H28F3N3O3S. The molecule has 2 aromatic rings. The molecule has 6 nitrogen and oxygen atoms in total. The summed E-state index contributed by atoms with van der Waals surface area (Å²) in [5.41, 5.74) is 3.08. The van der Waals surface area contributed by atoms with Gasteiger partial charge >= 0.3 is 6.18 Å². The molecule has 1 atom stereocenters. The van der Waals surface area contributed by atoms with Crippen molar-refractivity contribution in [3.8, 4) is 0 Å². The van der Waals surface area contributed by atoms with Gasteiger partial charge in [0, 0.05) is 31.0 Å². The Kier molecular flexibility index (Phi) is 7.36. The number of alkyl halides is 3. The van der Waals surface area contributed by atoms with Crippen molar-refractivity contribution in [3.05, 3.63) is 53.1 Å². The van der Waals surface area contributed by atoms with Crippen LogP contribution in [0.4, 0.5) is 24.5 Å². The van der Waals surface area contributed by atoms with Crippen LogP contribution in [-0.2, 0) is 14.8 Å². The highest BCUT2D eigenvalue weighted by Gasteiger charge is 2.42. The Hall–Kier alpha value is -2.30. The third-order valence-corrected chi connectivity index (χ3v) is 7.10. The molecule has 2 aromatic carbocycles. The molecule has 0 spiro atoms. The Morgan fingerprint density at radius 1 is 1.03 bits per heavy atom. The lowest BCUT2D eigenvalue weighted by Gasteiger charge is -2.29. The van der Waals surface area contributed by atoms with E-state index in [9.17, 15) is 21.6 Å². The number of nitrogens with zero attached hydrogens (tertiary/aromatic N) is 1. The van der Waals surface area contributed by atoms with Crippen LogP contribution in [0.5, 0.6) is 0 Å². The van der Waals surface area contributed by atoms with E-state index in [1.165, 1.54) is 0 Å². The number of rotatable bonds is 7. The van der Waals surface area contributed by atoms with E-state index in [1.54, 1.807) is 45.0 Å². The second-order valence-corrected chi connectivity index (χ2v) is 9.62. The number of nitrogens with one attached hydrogen (secondary N) is 2. The number of ether oxygens (including phenoxy) is 1. The van der Waals surface area contributed by atoms with Crippen LogP contribution in [0.15, 0.2) is 41.3 Å². The van der Waals surface area contributed by atoms with Gasteiger partial charge in [-0.1, -0.05) is 17.7 Å². The van der Waals surface area contributed by atoms with Crippen LogP contribution in [-0.4, -0.2) is 53.5 Å². The predicted molar refractivity (Wildman–Crippen MR) is 119 cm³/mol. The maximum absolute atomic E-state index is 13.7. The summed E-state index contributed by atoms with van der Waals surface area (Å²) in [6.45, 7) is 7.09. The van der Waals surface area contributed by atoms with Crippen LogP contribution in [0.1, 0.15) is 16.7 Å². The summed E-state index contributed by atoms with van der Waals surface area (Å²) >= 11 is 0. The highest BCUT2D eigenvalue weighted by atomic mass is 32.2. The maximum atomic E-state index is 13.7. The van der Waals surface area contributed by atoms with E-state index in [-0.39, 0.29) is 4.90 Å². The van der Waals surface area contributed by atoms with Crippen LogP contribution in [0.25, 0.3) is 0 Å². The van der Waals surface area contributed by atoms with Gasteiger partial charge in [0.1, 0.15) is 6.04 Å². The largest absolute Gasteiger partial charge is 0.406 e. The average molecular weight is 472 g/mol. The first-order valence-electron chi connectivity index (χ1n) is 10.3. The van der Waals surface area contributed by atoms with E-state index in [4.69, 9.17) is 4.74 Å². The van der Waals surface area contributed by atoms with Crippen molar-refractivity contribution in [1.29, 1.82) is 0 Å². The number of anilines is 2. The molecule has 1 heterocycles. The van der Waals surface area contributed by atoms with E-state index in [0.717, 1.165) is 24.3 Å². The summed E-state index contributed by atoms with van der Waals surface area (Å²) in [6.07, 6.45) is -4.76. The molecule has 0 aromatic heterocycles. The third kappa shape index (κ3) is 5.93. The maximum Gasteiger partial charge on any atom is 0.406 e. The molecule has 176 valence electrons. The monoisotopic (exact) mass is 471 g/mol. The van der Waals surface area contributed by atoms with E-state index in [2.05, 4.69) is 10.2 Å². The van der Waals surface area contributed by atoms with Gasteiger partial charge in [-0.25, -0.2) is 8.42 Å². The van der Waals surface area contributed by atoms with Gasteiger partial charge in [-0.2, -0.15) is 17.9 Å². The lowest BCUT2D eigenvalue weighted by atomic mass is 10.1. The summed E-state index contributed by atoms with van der Waals surface area (Å²) < 4.78 is 73.8. The molecule has 1 saturated heterocycles. The van der Waals surface area contributed by atoms with E-state index >= 15 is 0 Å². The zero-order valence-corrected chi connectivity index (χ0v) is 19.1. The number of hydrogen-bond donors (Lipinski definition) is 2. The normalized spacial score (nSPS) is 16.1. The molecule has 1 aliphatic heterocycles. The molecule has 2 N–H and O–H groups in total. The predicted octanol–water partition coefficient (Wildman–Crippen LogP) is 3.77. The minimum Gasteiger partial charge on any atom is -0.383 e. The van der Waals surface area contributed by atoms with Gasteiger partial charge in [-0.3, -0.25) is 0 Å². The van der Waals surface area contributed by atoms with Gasteiger partial charge in [-0.05, 0) is 56.2 Å². The molecular weight excluding hydrogens is 443 g/mol. The van der Waals surface area contributed by atoms with Crippen LogP contribution in [0, 0.1) is 20.8 Å². The highest BCUT2D eigenvalue weighted by Crippen LogP contribution is 2.26. The fourth-order valence-electron chi connectivity index (χ4n) is 3.89. The summed E-state index contributed by atoms with van der Waals surface area (Å²) in [5.74, 6) is 0. The zero-order chi connectivity index (χ0) is 23.5. The van der Waals surface area contributed by atoms with Crippen molar-refractivity contribution < 1.29 is 26.3 Å². The Morgan fingerprint density at radius 2 is 1.59 bits per heavy atom. The third-order valence-electron chi connectivity index (χ3n) is 5.32. The molecule has 32 heavy (non-hydrogen) atoms. The van der Waals surface area contributed by atoms with Crippen molar-refractivity contribution in [2.24, 2.45) is 0 Å². The van der Waals surface area contributed by atoms with Crippen molar-refractivity contribution in [2.75, 3.05) is 43.1 Å².